The Hall–Kier alpha value is -2.50. The Morgan fingerprint density at radius 3 is 2.75 bits per heavy atom. The number of aromatic nitrogens is 3. The summed E-state index contributed by atoms with van der Waals surface area (Å²) in [6.07, 6.45) is 3.08. The van der Waals surface area contributed by atoms with Crippen molar-refractivity contribution < 1.29 is 13.7 Å². The summed E-state index contributed by atoms with van der Waals surface area (Å²) in [7, 11) is 1.80. The van der Waals surface area contributed by atoms with Crippen molar-refractivity contribution in [3.63, 3.8) is 0 Å². The summed E-state index contributed by atoms with van der Waals surface area (Å²) >= 11 is 5.92. The molecular formula is C16H22ClN7O3S. The molecule has 2 rings (SSSR count). The normalized spacial score (nSPS) is 12.8. The number of pyridine rings is 1. The van der Waals surface area contributed by atoms with E-state index in [-0.39, 0.29) is 22.4 Å². The molecule has 0 aliphatic rings. The van der Waals surface area contributed by atoms with E-state index in [0.717, 1.165) is 0 Å². The molecule has 1 atom stereocenters. The monoisotopic (exact) mass is 427 g/mol. The van der Waals surface area contributed by atoms with Gasteiger partial charge in [-0.1, -0.05) is 11.6 Å². The fourth-order valence-electron chi connectivity index (χ4n) is 2.20. The van der Waals surface area contributed by atoms with Crippen LogP contribution < -0.4 is 16.0 Å². The molecule has 0 aliphatic heterocycles. The van der Waals surface area contributed by atoms with E-state index in [4.69, 9.17) is 16.3 Å². The van der Waals surface area contributed by atoms with Crippen LogP contribution in [0.15, 0.2) is 27.6 Å². The Morgan fingerprint density at radius 2 is 2.11 bits per heavy atom. The van der Waals surface area contributed by atoms with Crippen molar-refractivity contribution >= 4 is 44.4 Å². The van der Waals surface area contributed by atoms with Crippen molar-refractivity contribution in [1.82, 2.24) is 20.5 Å². The molecule has 12 heteroatoms. The molecule has 0 saturated heterocycles. The third kappa shape index (κ3) is 5.27. The fourth-order valence-corrected chi connectivity index (χ4v) is 3.35. The summed E-state index contributed by atoms with van der Waals surface area (Å²) in [4.78, 5) is 16.8. The minimum Gasteiger partial charge on any atom is -0.383 e. The molecule has 0 spiro atoms. The minimum absolute atomic E-state index is 0.0259. The molecule has 0 aliphatic carbocycles. The van der Waals surface area contributed by atoms with Crippen molar-refractivity contribution in [2.75, 3.05) is 51.2 Å². The van der Waals surface area contributed by atoms with Gasteiger partial charge in [-0.15, -0.1) is 10.2 Å². The average molecular weight is 428 g/mol. The topological polar surface area (TPSA) is 130 Å². The van der Waals surface area contributed by atoms with Gasteiger partial charge in [-0.05, 0) is 6.07 Å². The zero-order chi connectivity index (χ0) is 20.7. The van der Waals surface area contributed by atoms with Crippen LogP contribution in [0.1, 0.15) is 10.5 Å². The van der Waals surface area contributed by atoms with Crippen molar-refractivity contribution in [1.29, 1.82) is 0 Å². The molecule has 0 saturated carbocycles. The molecule has 10 nitrogen and oxygen atoms in total. The molecule has 28 heavy (non-hydrogen) atoms. The highest BCUT2D eigenvalue weighted by Crippen LogP contribution is 2.28. The van der Waals surface area contributed by atoms with Crippen LogP contribution in [0.4, 0.5) is 17.2 Å². The maximum atomic E-state index is 13.0. The molecule has 2 aromatic heterocycles. The standard InChI is InChI=1S/C16H22ClN7O3S/c1-18-16(25)14-11(8-13(17)23-24-14)22-15-12(28(4,26)19-2)7-10(9-21-15)20-5-6-27-3/h7-9,20H,5-6H2,1-4H3,(H,18,25)(H,21,22,23). The molecule has 0 radical (unpaired) electrons. The van der Waals surface area contributed by atoms with Crippen LogP contribution in [-0.4, -0.2) is 65.9 Å². The lowest BCUT2D eigenvalue weighted by atomic mass is 10.3. The number of carbonyl (C=O) groups is 1. The van der Waals surface area contributed by atoms with Crippen molar-refractivity contribution in [2.24, 2.45) is 4.36 Å². The third-order valence-corrected chi connectivity index (χ3v) is 5.71. The van der Waals surface area contributed by atoms with E-state index < -0.39 is 15.6 Å². The number of methoxy groups -OCH3 is 1. The van der Waals surface area contributed by atoms with E-state index in [1.54, 1.807) is 19.4 Å². The summed E-state index contributed by atoms with van der Waals surface area (Å²) in [6.45, 7) is 1.06. The van der Waals surface area contributed by atoms with Gasteiger partial charge in [-0.25, -0.2) is 13.6 Å². The summed E-state index contributed by atoms with van der Waals surface area (Å²) < 4.78 is 22.0. The number of anilines is 3. The molecule has 2 heterocycles. The van der Waals surface area contributed by atoms with E-state index in [1.165, 1.54) is 26.4 Å². The number of rotatable bonds is 8. The Labute approximate surface area is 168 Å². The highest BCUT2D eigenvalue weighted by atomic mass is 35.5. The van der Waals surface area contributed by atoms with Gasteiger partial charge in [0.2, 0.25) is 0 Å². The molecule has 152 valence electrons. The lowest BCUT2D eigenvalue weighted by molar-refractivity contribution is 0.0958. The number of amides is 1. The maximum Gasteiger partial charge on any atom is 0.273 e. The Kier molecular flexibility index (Phi) is 7.49. The molecule has 0 bridgehead atoms. The lowest BCUT2D eigenvalue weighted by Gasteiger charge is -2.15. The number of hydrogen-bond acceptors (Lipinski definition) is 9. The van der Waals surface area contributed by atoms with Gasteiger partial charge in [-0.2, -0.15) is 0 Å². The highest BCUT2D eigenvalue weighted by molar-refractivity contribution is 7.93. The third-order valence-electron chi connectivity index (χ3n) is 3.70. The van der Waals surface area contributed by atoms with Crippen LogP contribution in [0.5, 0.6) is 0 Å². The van der Waals surface area contributed by atoms with Crippen molar-refractivity contribution in [2.45, 2.75) is 4.90 Å². The van der Waals surface area contributed by atoms with E-state index in [0.29, 0.717) is 23.7 Å². The quantitative estimate of drug-likeness (QED) is 0.543. The Morgan fingerprint density at radius 1 is 1.36 bits per heavy atom. The van der Waals surface area contributed by atoms with Gasteiger partial charge in [0.05, 0.1) is 38.8 Å². The molecule has 1 unspecified atom stereocenters. The van der Waals surface area contributed by atoms with Gasteiger partial charge in [-0.3, -0.25) is 4.79 Å². The largest absolute Gasteiger partial charge is 0.383 e. The number of hydrogen-bond donors (Lipinski definition) is 3. The van der Waals surface area contributed by atoms with Crippen LogP contribution in [0.2, 0.25) is 5.15 Å². The molecule has 1 amide bonds. The number of carbonyl (C=O) groups excluding carboxylic acids is 1. The zero-order valence-corrected chi connectivity index (χ0v) is 17.5. The molecule has 0 fully saturated rings. The van der Waals surface area contributed by atoms with Crippen LogP contribution in [0.3, 0.4) is 0 Å². The predicted octanol–water partition coefficient (Wildman–Crippen LogP) is 1.77. The van der Waals surface area contributed by atoms with Crippen LogP contribution >= 0.6 is 11.6 Å². The zero-order valence-electron chi connectivity index (χ0n) is 15.9. The summed E-state index contributed by atoms with van der Waals surface area (Å²) in [6, 6.07) is 3.13. The van der Waals surface area contributed by atoms with Crippen LogP contribution in [0, 0.1) is 0 Å². The first-order valence-electron chi connectivity index (χ1n) is 8.17. The average Bonchev–Trinajstić information content (AvgIpc) is 2.68. The van der Waals surface area contributed by atoms with Gasteiger partial charge in [0.25, 0.3) is 5.91 Å². The Balaban J connectivity index is 2.50. The summed E-state index contributed by atoms with van der Waals surface area (Å²) in [5.74, 6) is -0.187. The summed E-state index contributed by atoms with van der Waals surface area (Å²) in [5.41, 5.74) is 0.964. The second-order valence-electron chi connectivity index (χ2n) is 5.61. The first kappa shape index (κ1) is 21.8. The number of nitrogens with one attached hydrogen (secondary N) is 3. The predicted molar refractivity (Wildman–Crippen MR) is 109 cm³/mol. The smallest absolute Gasteiger partial charge is 0.273 e. The SMILES string of the molecule is CN=S(C)(=O)c1cc(NCCOC)cnc1Nc1cc(Cl)nnc1C(=O)NC. The molecule has 2 aromatic rings. The minimum atomic E-state index is -2.74. The van der Waals surface area contributed by atoms with Crippen molar-refractivity contribution in [3.8, 4) is 0 Å². The van der Waals surface area contributed by atoms with Gasteiger partial charge < -0.3 is 20.7 Å². The maximum absolute atomic E-state index is 13.0. The number of nitrogens with zero attached hydrogens (tertiary/aromatic N) is 4. The summed E-state index contributed by atoms with van der Waals surface area (Å²) in [5, 5.41) is 16.2. The second kappa shape index (κ2) is 9.62. The second-order valence-corrected chi connectivity index (χ2v) is 8.41. The van der Waals surface area contributed by atoms with E-state index in [2.05, 4.69) is 35.5 Å². The molecule has 3 N–H and O–H groups in total. The Bertz CT molecular complexity index is 977. The first-order chi connectivity index (χ1) is 13.3. The van der Waals surface area contributed by atoms with Gasteiger partial charge >= 0.3 is 0 Å². The van der Waals surface area contributed by atoms with Crippen LogP contribution in [-0.2, 0) is 14.5 Å². The van der Waals surface area contributed by atoms with Crippen molar-refractivity contribution in [3.05, 3.63) is 29.2 Å². The van der Waals surface area contributed by atoms with Crippen LogP contribution in [0.25, 0.3) is 0 Å². The molecular weight excluding hydrogens is 406 g/mol. The number of ether oxygens (including phenoxy) is 1. The molecule has 0 aromatic carbocycles. The van der Waals surface area contributed by atoms with E-state index in [1.807, 2.05) is 0 Å². The van der Waals surface area contributed by atoms with Gasteiger partial charge in [0, 0.05) is 40.1 Å². The first-order valence-corrected chi connectivity index (χ1v) is 10.5. The van der Waals surface area contributed by atoms with Gasteiger partial charge in [0.15, 0.2) is 10.8 Å². The van der Waals surface area contributed by atoms with E-state index in [9.17, 15) is 9.00 Å². The van der Waals surface area contributed by atoms with E-state index >= 15 is 0 Å². The lowest BCUT2D eigenvalue weighted by Crippen LogP contribution is -2.21. The van der Waals surface area contributed by atoms with Gasteiger partial charge in [0.1, 0.15) is 5.82 Å². The highest BCUT2D eigenvalue weighted by Gasteiger charge is 2.19. The number of halogens is 1. The fraction of sp³-hybridized carbons (Fsp3) is 0.375.